The normalized spacial score (nSPS) is 23.5. The quantitative estimate of drug-likeness (QED) is 0.636. The third kappa shape index (κ3) is 5.18. The Morgan fingerprint density at radius 3 is 2.65 bits per heavy atom. The second-order valence-corrected chi connectivity index (χ2v) is 9.76. The number of nitrogens with one attached hydrogen (secondary N) is 2. The van der Waals surface area contributed by atoms with E-state index in [1.54, 1.807) is 6.20 Å². The first-order valence-electron chi connectivity index (χ1n) is 11.7. The van der Waals surface area contributed by atoms with Crippen LogP contribution in [0.2, 0.25) is 0 Å². The zero-order valence-corrected chi connectivity index (χ0v) is 19.0. The highest BCUT2D eigenvalue weighted by Crippen LogP contribution is 2.33. The molecule has 168 valence electrons. The molecular weight excluding hydrogens is 388 g/mol. The molecule has 0 spiro atoms. The molecule has 2 heterocycles. The Hall–Kier alpha value is -2.18. The summed E-state index contributed by atoms with van der Waals surface area (Å²) in [4.78, 5) is 19.3. The third-order valence-corrected chi connectivity index (χ3v) is 7.04. The number of rotatable bonds is 7. The third-order valence-electron chi connectivity index (χ3n) is 7.04. The average Bonchev–Trinajstić information content (AvgIpc) is 2.74. The first kappa shape index (κ1) is 22.0. The highest BCUT2D eigenvalue weighted by atomic mass is 16.3. The van der Waals surface area contributed by atoms with E-state index in [0.717, 1.165) is 55.4 Å². The van der Waals surface area contributed by atoms with Crippen LogP contribution in [0.3, 0.4) is 0 Å². The standard InChI is InChI=1S/C25H36N4O2/c1-16(2)24(31)19-6-8-21(9-7-19)29-14-20(15-29)28-23(30)13-27-25-22-12-17(3)4-5-18(22)10-11-26-25/h4-5,10-12,16,19-21,24,31H,6-9,13-15H2,1-3H3,(H,26,27)(H,28,30)/t19-,21-,24?. The van der Waals surface area contributed by atoms with Gasteiger partial charge in [-0.05, 0) is 62.0 Å². The summed E-state index contributed by atoms with van der Waals surface area (Å²) in [5.74, 6) is 1.56. The first-order chi connectivity index (χ1) is 14.9. The number of carbonyl (C=O) groups is 1. The Bertz CT molecular complexity index is 902. The van der Waals surface area contributed by atoms with E-state index in [-0.39, 0.29) is 24.6 Å². The largest absolute Gasteiger partial charge is 0.393 e. The van der Waals surface area contributed by atoms with Gasteiger partial charge in [-0.15, -0.1) is 0 Å². The Kier molecular flexibility index (Phi) is 6.77. The van der Waals surface area contributed by atoms with Gasteiger partial charge in [0.2, 0.25) is 5.91 Å². The van der Waals surface area contributed by atoms with Gasteiger partial charge in [0.1, 0.15) is 5.82 Å². The molecule has 4 rings (SSSR count). The lowest BCUT2D eigenvalue weighted by Gasteiger charge is -2.47. The molecule has 3 N–H and O–H groups in total. The number of benzene rings is 1. The highest BCUT2D eigenvalue weighted by Gasteiger charge is 2.36. The van der Waals surface area contributed by atoms with E-state index in [1.807, 2.05) is 6.07 Å². The molecule has 1 aromatic carbocycles. The summed E-state index contributed by atoms with van der Waals surface area (Å²) >= 11 is 0. The Morgan fingerprint density at radius 1 is 1.19 bits per heavy atom. The minimum atomic E-state index is -0.169. The van der Waals surface area contributed by atoms with Crippen molar-refractivity contribution >= 4 is 22.5 Å². The number of hydrogen-bond acceptors (Lipinski definition) is 5. The predicted octanol–water partition coefficient (Wildman–Crippen LogP) is 3.33. The van der Waals surface area contributed by atoms with E-state index in [9.17, 15) is 9.90 Å². The first-order valence-corrected chi connectivity index (χ1v) is 11.7. The molecule has 2 aromatic rings. The molecule has 1 unspecified atom stereocenters. The van der Waals surface area contributed by atoms with Crippen molar-refractivity contribution in [2.45, 2.75) is 64.6 Å². The fourth-order valence-electron chi connectivity index (χ4n) is 5.12. The number of aromatic nitrogens is 1. The van der Waals surface area contributed by atoms with Crippen LogP contribution in [0, 0.1) is 18.8 Å². The van der Waals surface area contributed by atoms with E-state index in [0.29, 0.717) is 17.9 Å². The van der Waals surface area contributed by atoms with Gasteiger partial charge in [-0.2, -0.15) is 0 Å². The van der Waals surface area contributed by atoms with Crippen molar-refractivity contribution in [2.24, 2.45) is 11.8 Å². The maximum absolute atomic E-state index is 12.4. The molecule has 0 bridgehead atoms. The molecule has 31 heavy (non-hydrogen) atoms. The second-order valence-electron chi connectivity index (χ2n) is 9.76. The Morgan fingerprint density at radius 2 is 1.94 bits per heavy atom. The van der Waals surface area contributed by atoms with Crippen LogP contribution in [0.15, 0.2) is 30.5 Å². The molecule has 6 nitrogen and oxygen atoms in total. The Labute approximate surface area is 185 Å². The molecule has 0 radical (unpaired) electrons. The number of likely N-dealkylation sites (tertiary alicyclic amines) is 1. The van der Waals surface area contributed by atoms with Crippen LogP contribution < -0.4 is 10.6 Å². The summed E-state index contributed by atoms with van der Waals surface area (Å²) in [5, 5.41) is 18.8. The molecule has 1 atom stereocenters. The SMILES string of the molecule is Cc1ccc2ccnc(NCC(=O)NC3CN([C@H]4CC[C@H](C(O)C(C)C)CC4)C3)c2c1. The Balaban J connectivity index is 1.20. The molecule has 1 aliphatic carbocycles. The monoisotopic (exact) mass is 424 g/mol. The zero-order chi connectivity index (χ0) is 22.0. The highest BCUT2D eigenvalue weighted by molar-refractivity contribution is 5.93. The average molecular weight is 425 g/mol. The van der Waals surface area contributed by atoms with Crippen LogP contribution in [0.1, 0.15) is 45.1 Å². The van der Waals surface area contributed by atoms with Gasteiger partial charge < -0.3 is 15.7 Å². The van der Waals surface area contributed by atoms with Gasteiger partial charge >= 0.3 is 0 Å². The number of aliphatic hydroxyl groups excluding tert-OH is 1. The van der Waals surface area contributed by atoms with Crippen molar-refractivity contribution in [1.82, 2.24) is 15.2 Å². The summed E-state index contributed by atoms with van der Waals surface area (Å²) in [5.41, 5.74) is 1.18. The molecule has 2 fully saturated rings. The molecule has 1 saturated carbocycles. The molecule has 1 aliphatic heterocycles. The van der Waals surface area contributed by atoms with Crippen LogP contribution in [0.5, 0.6) is 0 Å². The van der Waals surface area contributed by atoms with Crippen LogP contribution >= 0.6 is 0 Å². The molecule has 2 aliphatic rings. The van der Waals surface area contributed by atoms with Gasteiger partial charge in [-0.3, -0.25) is 9.69 Å². The van der Waals surface area contributed by atoms with Gasteiger partial charge in [0.15, 0.2) is 0 Å². The number of anilines is 1. The summed E-state index contributed by atoms with van der Waals surface area (Å²) in [7, 11) is 0. The van der Waals surface area contributed by atoms with Gasteiger partial charge in [-0.25, -0.2) is 4.98 Å². The van der Waals surface area contributed by atoms with Gasteiger partial charge in [0, 0.05) is 30.7 Å². The van der Waals surface area contributed by atoms with E-state index < -0.39 is 0 Å². The molecule has 1 aromatic heterocycles. The maximum atomic E-state index is 12.4. The van der Waals surface area contributed by atoms with E-state index in [4.69, 9.17) is 0 Å². The van der Waals surface area contributed by atoms with Crippen molar-refractivity contribution in [1.29, 1.82) is 0 Å². The fourth-order valence-corrected chi connectivity index (χ4v) is 5.12. The topological polar surface area (TPSA) is 77.5 Å². The molecule has 1 saturated heterocycles. The lowest BCUT2D eigenvalue weighted by atomic mass is 9.78. The number of hydrogen-bond donors (Lipinski definition) is 3. The van der Waals surface area contributed by atoms with Crippen molar-refractivity contribution in [3.05, 3.63) is 36.0 Å². The number of aliphatic hydroxyl groups is 1. The van der Waals surface area contributed by atoms with Crippen molar-refractivity contribution < 1.29 is 9.90 Å². The van der Waals surface area contributed by atoms with Crippen LogP contribution in [-0.2, 0) is 4.79 Å². The summed E-state index contributed by atoms with van der Waals surface area (Å²) in [6.07, 6.45) is 6.14. The molecule has 1 amide bonds. The van der Waals surface area contributed by atoms with E-state index in [1.165, 1.54) is 5.56 Å². The number of fused-ring (bicyclic) bond motifs is 1. The molecular formula is C25H36N4O2. The lowest BCUT2D eigenvalue weighted by molar-refractivity contribution is -0.121. The summed E-state index contributed by atoms with van der Waals surface area (Å²) < 4.78 is 0. The second kappa shape index (κ2) is 9.53. The van der Waals surface area contributed by atoms with Crippen LogP contribution in [-0.4, -0.2) is 58.7 Å². The van der Waals surface area contributed by atoms with E-state index in [2.05, 4.69) is 59.5 Å². The van der Waals surface area contributed by atoms with Crippen molar-refractivity contribution in [3.8, 4) is 0 Å². The van der Waals surface area contributed by atoms with Crippen molar-refractivity contribution in [3.63, 3.8) is 0 Å². The smallest absolute Gasteiger partial charge is 0.239 e. The van der Waals surface area contributed by atoms with Gasteiger partial charge in [0.05, 0.1) is 18.7 Å². The number of nitrogens with zero attached hydrogens (tertiary/aromatic N) is 2. The van der Waals surface area contributed by atoms with Crippen molar-refractivity contribution in [2.75, 3.05) is 25.0 Å². The lowest BCUT2D eigenvalue weighted by Crippen LogP contribution is -2.63. The van der Waals surface area contributed by atoms with Gasteiger partial charge in [0.25, 0.3) is 0 Å². The maximum Gasteiger partial charge on any atom is 0.239 e. The summed E-state index contributed by atoms with van der Waals surface area (Å²) in [6, 6.07) is 9.08. The number of pyridine rings is 1. The summed E-state index contributed by atoms with van der Waals surface area (Å²) in [6.45, 7) is 8.36. The number of amides is 1. The zero-order valence-electron chi connectivity index (χ0n) is 19.0. The predicted molar refractivity (Wildman–Crippen MR) is 125 cm³/mol. The fraction of sp³-hybridized carbons (Fsp3) is 0.600. The van der Waals surface area contributed by atoms with Crippen LogP contribution in [0.4, 0.5) is 5.82 Å². The molecule has 6 heteroatoms. The van der Waals surface area contributed by atoms with Gasteiger partial charge in [-0.1, -0.05) is 31.5 Å². The van der Waals surface area contributed by atoms with E-state index >= 15 is 0 Å². The minimum absolute atomic E-state index is 0.0138. The number of aryl methyl sites for hydroxylation is 1. The van der Waals surface area contributed by atoms with Crippen LogP contribution in [0.25, 0.3) is 10.8 Å². The minimum Gasteiger partial charge on any atom is -0.393 e. The number of carbonyl (C=O) groups excluding carboxylic acids is 1.